The summed E-state index contributed by atoms with van der Waals surface area (Å²) in [6.45, 7) is 3.99. The summed E-state index contributed by atoms with van der Waals surface area (Å²) in [6.07, 6.45) is 2.90. The van der Waals surface area contributed by atoms with Crippen LogP contribution in [0.5, 0.6) is 0 Å². The zero-order valence-electron chi connectivity index (χ0n) is 12.4. The van der Waals surface area contributed by atoms with Crippen molar-refractivity contribution in [1.29, 1.82) is 0 Å². The number of amides is 1. The van der Waals surface area contributed by atoms with Crippen LogP contribution in [0.15, 0.2) is 34.7 Å². The minimum absolute atomic E-state index is 0.0959. The van der Waals surface area contributed by atoms with Gasteiger partial charge in [0, 0.05) is 11.8 Å². The number of hydrogen-bond donors (Lipinski definition) is 2. The topological polar surface area (TPSA) is 54.3 Å². The predicted octanol–water partition coefficient (Wildman–Crippen LogP) is 3.00. The van der Waals surface area contributed by atoms with Gasteiger partial charge in [-0.15, -0.1) is 0 Å². The molecule has 1 aromatic carbocycles. The molecule has 2 aromatic rings. The molecule has 4 heteroatoms. The van der Waals surface area contributed by atoms with Crippen LogP contribution in [0, 0.1) is 5.92 Å². The van der Waals surface area contributed by atoms with Crippen molar-refractivity contribution < 1.29 is 9.21 Å². The fourth-order valence-corrected chi connectivity index (χ4v) is 2.95. The molecule has 2 N–H and O–H groups in total. The molecule has 0 spiro atoms. The number of benzene rings is 1. The number of para-hydroxylation sites is 1. The number of hydrogen-bond acceptors (Lipinski definition) is 3. The van der Waals surface area contributed by atoms with Gasteiger partial charge in [-0.1, -0.05) is 18.2 Å². The van der Waals surface area contributed by atoms with Gasteiger partial charge >= 0.3 is 0 Å². The molecule has 0 saturated carbocycles. The first-order valence-electron chi connectivity index (χ1n) is 7.71. The molecule has 0 aliphatic carbocycles. The van der Waals surface area contributed by atoms with E-state index in [-0.39, 0.29) is 11.9 Å². The number of carbonyl (C=O) groups is 1. The Morgan fingerprint density at radius 1 is 1.48 bits per heavy atom. The van der Waals surface area contributed by atoms with Crippen molar-refractivity contribution in [2.24, 2.45) is 5.92 Å². The zero-order chi connectivity index (χ0) is 14.7. The van der Waals surface area contributed by atoms with Crippen LogP contribution in [0.3, 0.4) is 0 Å². The molecule has 2 heterocycles. The van der Waals surface area contributed by atoms with E-state index in [1.807, 2.05) is 37.3 Å². The third-order valence-corrected chi connectivity index (χ3v) is 4.12. The van der Waals surface area contributed by atoms with Gasteiger partial charge in [-0.3, -0.25) is 4.79 Å². The first-order valence-corrected chi connectivity index (χ1v) is 7.71. The SMILES string of the molecule is CC(NC(=O)CC1CCCNC1)c1cc2ccccc2o1. The molecule has 2 atom stereocenters. The number of carbonyl (C=O) groups excluding carboxylic acids is 1. The molecule has 0 bridgehead atoms. The average Bonchev–Trinajstić information content (AvgIpc) is 2.92. The van der Waals surface area contributed by atoms with Crippen LogP contribution in [-0.2, 0) is 4.79 Å². The summed E-state index contributed by atoms with van der Waals surface area (Å²) in [5.41, 5.74) is 0.866. The predicted molar refractivity (Wildman–Crippen MR) is 83.0 cm³/mol. The summed E-state index contributed by atoms with van der Waals surface area (Å²) in [6, 6.07) is 9.81. The molecule has 1 aliphatic rings. The largest absolute Gasteiger partial charge is 0.459 e. The molecular formula is C17H22N2O2. The van der Waals surface area contributed by atoms with Crippen molar-refractivity contribution in [2.75, 3.05) is 13.1 Å². The van der Waals surface area contributed by atoms with Crippen LogP contribution < -0.4 is 10.6 Å². The van der Waals surface area contributed by atoms with Gasteiger partial charge in [0.2, 0.25) is 5.91 Å². The average molecular weight is 286 g/mol. The number of furan rings is 1. The Hall–Kier alpha value is -1.81. The molecule has 2 unspecified atom stereocenters. The summed E-state index contributed by atoms with van der Waals surface area (Å²) in [5.74, 6) is 1.38. The second kappa shape index (κ2) is 6.31. The number of nitrogens with one attached hydrogen (secondary N) is 2. The van der Waals surface area contributed by atoms with Gasteiger partial charge in [0.25, 0.3) is 0 Å². The maximum atomic E-state index is 12.1. The lowest BCUT2D eigenvalue weighted by Gasteiger charge is -2.22. The van der Waals surface area contributed by atoms with E-state index in [4.69, 9.17) is 4.42 Å². The van der Waals surface area contributed by atoms with E-state index in [9.17, 15) is 4.79 Å². The van der Waals surface area contributed by atoms with E-state index in [0.717, 1.165) is 42.7 Å². The van der Waals surface area contributed by atoms with Crippen molar-refractivity contribution >= 4 is 16.9 Å². The van der Waals surface area contributed by atoms with Gasteiger partial charge in [-0.2, -0.15) is 0 Å². The van der Waals surface area contributed by atoms with Gasteiger partial charge in [0.05, 0.1) is 6.04 Å². The molecule has 1 saturated heterocycles. The lowest BCUT2D eigenvalue weighted by molar-refractivity contribution is -0.122. The lowest BCUT2D eigenvalue weighted by Crippen LogP contribution is -2.34. The second-order valence-corrected chi connectivity index (χ2v) is 5.89. The highest BCUT2D eigenvalue weighted by Crippen LogP contribution is 2.24. The molecule has 3 rings (SSSR count). The minimum atomic E-state index is -0.0959. The van der Waals surface area contributed by atoms with Crippen LogP contribution in [0.4, 0.5) is 0 Å². The maximum Gasteiger partial charge on any atom is 0.220 e. The Morgan fingerprint density at radius 2 is 2.33 bits per heavy atom. The molecule has 21 heavy (non-hydrogen) atoms. The van der Waals surface area contributed by atoms with Crippen LogP contribution in [0.1, 0.15) is 38.0 Å². The summed E-state index contributed by atoms with van der Waals surface area (Å²) >= 11 is 0. The molecule has 4 nitrogen and oxygen atoms in total. The molecule has 1 aromatic heterocycles. The van der Waals surface area contributed by atoms with Crippen molar-refractivity contribution in [2.45, 2.75) is 32.2 Å². The number of fused-ring (bicyclic) bond motifs is 1. The second-order valence-electron chi connectivity index (χ2n) is 5.89. The summed E-state index contributed by atoms with van der Waals surface area (Å²) in [7, 11) is 0. The Labute approximate surface area is 124 Å². The Bertz CT molecular complexity index is 581. The standard InChI is InChI=1S/C17H22N2O2/c1-12(16-10-14-6-2-3-7-15(14)21-16)19-17(20)9-13-5-4-8-18-11-13/h2-3,6-7,10,12-13,18H,4-5,8-9,11H2,1H3,(H,19,20). The smallest absolute Gasteiger partial charge is 0.220 e. The van der Waals surface area contributed by atoms with Gasteiger partial charge in [-0.25, -0.2) is 0 Å². The normalized spacial score (nSPS) is 20.3. The maximum absolute atomic E-state index is 12.1. The van der Waals surface area contributed by atoms with E-state index in [1.165, 1.54) is 0 Å². The van der Waals surface area contributed by atoms with Crippen molar-refractivity contribution in [3.05, 3.63) is 36.1 Å². The van der Waals surface area contributed by atoms with Crippen LogP contribution in [0.2, 0.25) is 0 Å². The third kappa shape index (κ3) is 3.45. The molecule has 1 amide bonds. The number of piperidine rings is 1. The molecule has 1 aliphatic heterocycles. The first-order chi connectivity index (χ1) is 10.2. The minimum Gasteiger partial charge on any atom is -0.459 e. The Balaban J connectivity index is 1.59. The Morgan fingerprint density at radius 3 is 3.10 bits per heavy atom. The van der Waals surface area contributed by atoms with Crippen LogP contribution in [0.25, 0.3) is 11.0 Å². The molecular weight excluding hydrogens is 264 g/mol. The molecule has 0 radical (unpaired) electrons. The van der Waals surface area contributed by atoms with E-state index >= 15 is 0 Å². The van der Waals surface area contributed by atoms with E-state index in [1.54, 1.807) is 0 Å². The van der Waals surface area contributed by atoms with Crippen molar-refractivity contribution in [3.63, 3.8) is 0 Å². The molecule has 112 valence electrons. The quantitative estimate of drug-likeness (QED) is 0.908. The highest BCUT2D eigenvalue weighted by Gasteiger charge is 2.19. The first kappa shape index (κ1) is 14.1. The zero-order valence-corrected chi connectivity index (χ0v) is 12.4. The van der Waals surface area contributed by atoms with Crippen molar-refractivity contribution in [1.82, 2.24) is 10.6 Å². The highest BCUT2D eigenvalue weighted by atomic mass is 16.3. The fraction of sp³-hybridized carbons (Fsp3) is 0.471. The fourth-order valence-electron chi connectivity index (χ4n) is 2.95. The van der Waals surface area contributed by atoms with Gasteiger partial charge in [0.15, 0.2) is 0 Å². The van der Waals surface area contributed by atoms with Crippen molar-refractivity contribution in [3.8, 4) is 0 Å². The Kier molecular flexibility index (Phi) is 4.25. The summed E-state index contributed by atoms with van der Waals surface area (Å²) in [4.78, 5) is 12.1. The lowest BCUT2D eigenvalue weighted by atomic mass is 9.96. The monoisotopic (exact) mass is 286 g/mol. The van der Waals surface area contributed by atoms with E-state index in [2.05, 4.69) is 10.6 Å². The summed E-state index contributed by atoms with van der Waals surface area (Å²) < 4.78 is 5.79. The molecule has 1 fully saturated rings. The van der Waals surface area contributed by atoms with Gasteiger partial charge in [0.1, 0.15) is 11.3 Å². The van der Waals surface area contributed by atoms with Gasteiger partial charge in [-0.05, 0) is 50.9 Å². The summed E-state index contributed by atoms with van der Waals surface area (Å²) in [5, 5.41) is 7.46. The van der Waals surface area contributed by atoms with Crippen LogP contribution >= 0.6 is 0 Å². The van der Waals surface area contributed by atoms with Crippen LogP contribution in [-0.4, -0.2) is 19.0 Å². The van der Waals surface area contributed by atoms with E-state index in [0.29, 0.717) is 12.3 Å². The number of rotatable bonds is 4. The van der Waals surface area contributed by atoms with Gasteiger partial charge < -0.3 is 15.1 Å². The van der Waals surface area contributed by atoms with E-state index < -0.39 is 0 Å². The highest BCUT2D eigenvalue weighted by molar-refractivity contribution is 5.79. The third-order valence-electron chi connectivity index (χ3n) is 4.12.